The molecule has 1 aliphatic rings. The van der Waals surface area contributed by atoms with Crippen LogP contribution in [0.15, 0.2) is 18.2 Å². The van der Waals surface area contributed by atoms with Gasteiger partial charge in [0.15, 0.2) is 0 Å². The molecule has 2 rings (SSSR count). The van der Waals surface area contributed by atoms with Crippen molar-refractivity contribution in [3.8, 4) is 0 Å². The number of anilines is 1. The van der Waals surface area contributed by atoms with E-state index in [9.17, 15) is 4.79 Å². The zero-order chi connectivity index (χ0) is 11.5. The highest BCUT2D eigenvalue weighted by Gasteiger charge is 2.21. The molecule has 0 spiro atoms. The Kier molecular flexibility index (Phi) is 3.13. The molecule has 3 N–H and O–H groups in total. The fraction of sp³-hybridized carbons (Fsp3) is 0.462. The molecule has 3 heteroatoms. The van der Waals surface area contributed by atoms with Crippen LogP contribution >= 0.6 is 0 Å². The molecule has 0 bridgehead atoms. The molecule has 0 radical (unpaired) electrons. The Labute approximate surface area is 96.0 Å². The van der Waals surface area contributed by atoms with Gasteiger partial charge in [-0.1, -0.05) is 25.0 Å². The van der Waals surface area contributed by atoms with Gasteiger partial charge < -0.3 is 11.1 Å². The molecule has 0 saturated heterocycles. The molecule has 16 heavy (non-hydrogen) atoms. The van der Waals surface area contributed by atoms with Gasteiger partial charge in [0.05, 0.1) is 5.56 Å². The molecule has 3 nitrogen and oxygen atoms in total. The van der Waals surface area contributed by atoms with Gasteiger partial charge in [-0.05, 0) is 30.9 Å². The highest BCUT2D eigenvalue weighted by molar-refractivity contribution is 6.00. The van der Waals surface area contributed by atoms with Crippen LogP contribution in [0.1, 0.15) is 35.2 Å². The smallest absolute Gasteiger partial charge is 0.253 e. The van der Waals surface area contributed by atoms with Crippen molar-refractivity contribution in [3.63, 3.8) is 0 Å². The van der Waals surface area contributed by atoms with Gasteiger partial charge >= 0.3 is 0 Å². The van der Waals surface area contributed by atoms with Crippen LogP contribution in [0.2, 0.25) is 0 Å². The quantitative estimate of drug-likeness (QED) is 0.760. The first-order valence-electron chi connectivity index (χ1n) is 5.82. The number of amides is 1. The minimum atomic E-state index is -0.0451. The number of hydrogen-bond donors (Lipinski definition) is 2. The van der Waals surface area contributed by atoms with Crippen molar-refractivity contribution in [1.82, 2.24) is 5.32 Å². The van der Waals surface area contributed by atoms with Gasteiger partial charge in [0.25, 0.3) is 5.91 Å². The first kappa shape index (κ1) is 11.0. The summed E-state index contributed by atoms with van der Waals surface area (Å²) in [6.07, 6.45) is 3.74. The van der Waals surface area contributed by atoms with Crippen LogP contribution in [-0.2, 0) is 0 Å². The summed E-state index contributed by atoms with van der Waals surface area (Å²) in [5.41, 5.74) is 7.92. The molecule has 1 amide bonds. The summed E-state index contributed by atoms with van der Waals surface area (Å²) >= 11 is 0. The van der Waals surface area contributed by atoms with Crippen LogP contribution in [0, 0.1) is 12.8 Å². The lowest BCUT2D eigenvalue weighted by Gasteiger charge is -2.09. The number of carbonyl (C=O) groups excluding carboxylic acids is 1. The summed E-state index contributed by atoms with van der Waals surface area (Å²) in [6.45, 7) is 2.67. The van der Waals surface area contributed by atoms with Crippen molar-refractivity contribution in [1.29, 1.82) is 0 Å². The highest BCUT2D eigenvalue weighted by atomic mass is 16.1. The maximum Gasteiger partial charge on any atom is 0.253 e. The zero-order valence-electron chi connectivity index (χ0n) is 9.62. The number of nitrogen functional groups attached to an aromatic ring is 1. The Balaban J connectivity index is 1.96. The van der Waals surface area contributed by atoms with Crippen LogP contribution in [0.4, 0.5) is 5.69 Å². The van der Waals surface area contributed by atoms with E-state index >= 15 is 0 Å². The number of nitrogens with one attached hydrogen (secondary N) is 1. The molecule has 1 fully saturated rings. The Morgan fingerprint density at radius 3 is 2.88 bits per heavy atom. The molecule has 0 heterocycles. The lowest BCUT2D eigenvalue weighted by Crippen LogP contribution is -2.26. The van der Waals surface area contributed by atoms with E-state index in [0.29, 0.717) is 11.3 Å². The predicted octanol–water partition coefficient (Wildman–Crippen LogP) is 2.11. The highest BCUT2D eigenvalue weighted by Crippen LogP contribution is 2.31. The number of aryl methyl sites for hydroxylation is 1. The monoisotopic (exact) mass is 218 g/mol. The first-order valence-corrected chi connectivity index (χ1v) is 5.82. The summed E-state index contributed by atoms with van der Waals surface area (Å²) in [7, 11) is 0. The Bertz CT molecular complexity index is 377. The number of benzene rings is 1. The third-order valence-corrected chi connectivity index (χ3v) is 3.07. The van der Waals surface area contributed by atoms with E-state index < -0.39 is 0 Å². The molecule has 1 saturated carbocycles. The third kappa shape index (κ3) is 2.54. The average Bonchev–Trinajstić information content (AvgIpc) is 3.01. The van der Waals surface area contributed by atoms with E-state index in [0.717, 1.165) is 24.4 Å². The molecule has 0 atom stereocenters. The Morgan fingerprint density at radius 2 is 2.25 bits per heavy atom. The van der Waals surface area contributed by atoms with Crippen LogP contribution in [0.3, 0.4) is 0 Å². The van der Waals surface area contributed by atoms with Crippen molar-refractivity contribution in [2.75, 3.05) is 12.3 Å². The van der Waals surface area contributed by atoms with E-state index in [1.165, 1.54) is 12.8 Å². The minimum absolute atomic E-state index is 0.0451. The fourth-order valence-corrected chi connectivity index (χ4v) is 1.89. The van der Waals surface area contributed by atoms with E-state index in [1.807, 2.05) is 19.1 Å². The Morgan fingerprint density at radius 1 is 1.50 bits per heavy atom. The topological polar surface area (TPSA) is 55.1 Å². The summed E-state index contributed by atoms with van der Waals surface area (Å²) in [6, 6.07) is 5.54. The van der Waals surface area contributed by atoms with Crippen LogP contribution < -0.4 is 11.1 Å². The third-order valence-electron chi connectivity index (χ3n) is 3.07. The fourth-order valence-electron chi connectivity index (χ4n) is 1.89. The molecule has 0 aromatic heterocycles. The molecule has 0 unspecified atom stereocenters. The second-order valence-electron chi connectivity index (χ2n) is 4.53. The number of hydrogen-bond acceptors (Lipinski definition) is 2. The molecule has 86 valence electrons. The lowest BCUT2D eigenvalue weighted by atomic mass is 10.1. The van der Waals surface area contributed by atoms with Crippen LogP contribution in [0.5, 0.6) is 0 Å². The summed E-state index contributed by atoms with van der Waals surface area (Å²) < 4.78 is 0. The zero-order valence-corrected chi connectivity index (χ0v) is 9.62. The second kappa shape index (κ2) is 4.56. The van der Waals surface area contributed by atoms with Crippen molar-refractivity contribution >= 4 is 11.6 Å². The van der Waals surface area contributed by atoms with E-state index in [2.05, 4.69) is 5.32 Å². The van der Waals surface area contributed by atoms with E-state index in [1.54, 1.807) is 6.07 Å². The van der Waals surface area contributed by atoms with Gasteiger partial charge in [-0.3, -0.25) is 4.79 Å². The van der Waals surface area contributed by atoms with E-state index in [-0.39, 0.29) is 5.91 Å². The number of nitrogens with two attached hydrogens (primary N) is 1. The van der Waals surface area contributed by atoms with Crippen LogP contribution in [-0.4, -0.2) is 12.5 Å². The predicted molar refractivity (Wildman–Crippen MR) is 65.3 cm³/mol. The standard InChI is InChI=1S/C13H18N2O/c1-9-3-2-4-11(14)12(9)13(16)15-8-7-10-5-6-10/h2-4,10H,5-8,14H2,1H3,(H,15,16). The summed E-state index contributed by atoms with van der Waals surface area (Å²) in [5.74, 6) is 0.797. The minimum Gasteiger partial charge on any atom is -0.398 e. The molecular formula is C13H18N2O. The molecule has 1 aliphatic carbocycles. The number of carbonyl (C=O) groups is 1. The van der Waals surface area contributed by atoms with Crippen molar-refractivity contribution in [3.05, 3.63) is 29.3 Å². The van der Waals surface area contributed by atoms with Crippen molar-refractivity contribution in [2.45, 2.75) is 26.2 Å². The largest absolute Gasteiger partial charge is 0.398 e. The van der Waals surface area contributed by atoms with Gasteiger partial charge in [0.1, 0.15) is 0 Å². The van der Waals surface area contributed by atoms with Crippen molar-refractivity contribution < 1.29 is 4.79 Å². The average molecular weight is 218 g/mol. The van der Waals surface area contributed by atoms with Gasteiger partial charge in [-0.2, -0.15) is 0 Å². The second-order valence-corrected chi connectivity index (χ2v) is 4.53. The van der Waals surface area contributed by atoms with Crippen molar-refractivity contribution in [2.24, 2.45) is 5.92 Å². The van der Waals surface area contributed by atoms with Gasteiger partial charge in [0.2, 0.25) is 0 Å². The van der Waals surface area contributed by atoms with Crippen LogP contribution in [0.25, 0.3) is 0 Å². The maximum atomic E-state index is 11.9. The SMILES string of the molecule is Cc1cccc(N)c1C(=O)NCCC1CC1. The normalized spacial score (nSPS) is 14.8. The van der Waals surface area contributed by atoms with E-state index in [4.69, 9.17) is 5.73 Å². The first-order chi connectivity index (χ1) is 7.68. The summed E-state index contributed by atoms with van der Waals surface area (Å²) in [4.78, 5) is 11.9. The summed E-state index contributed by atoms with van der Waals surface area (Å²) in [5, 5.41) is 2.93. The maximum absolute atomic E-state index is 11.9. The van der Waals surface area contributed by atoms with Gasteiger partial charge in [-0.15, -0.1) is 0 Å². The molecule has 1 aromatic carbocycles. The lowest BCUT2D eigenvalue weighted by molar-refractivity contribution is 0.0953. The van der Waals surface area contributed by atoms with Gasteiger partial charge in [0, 0.05) is 12.2 Å². The molecule has 0 aliphatic heterocycles. The Hall–Kier alpha value is -1.51. The van der Waals surface area contributed by atoms with Gasteiger partial charge in [-0.25, -0.2) is 0 Å². The number of rotatable bonds is 4. The molecule has 1 aromatic rings. The molecular weight excluding hydrogens is 200 g/mol.